The molecule has 0 saturated heterocycles. The van der Waals surface area contributed by atoms with Crippen molar-refractivity contribution in [2.75, 3.05) is 0 Å². The quantitative estimate of drug-likeness (QED) is 0.766. The zero-order chi connectivity index (χ0) is 13.2. The van der Waals surface area contributed by atoms with Crippen molar-refractivity contribution >= 4 is 0 Å². The Kier molecular flexibility index (Phi) is 2.72. The molecule has 0 aliphatic carbocycles. The zero-order valence-electron chi connectivity index (χ0n) is 9.86. The van der Waals surface area contributed by atoms with Crippen molar-refractivity contribution in [3.8, 4) is 22.7 Å². The van der Waals surface area contributed by atoms with Gasteiger partial charge in [0.2, 0.25) is 0 Å². The van der Waals surface area contributed by atoms with Gasteiger partial charge in [0, 0.05) is 5.56 Å². The Labute approximate surface area is 108 Å². The Balaban J connectivity index is 1.95. The van der Waals surface area contributed by atoms with Crippen LogP contribution in [0.4, 0.5) is 4.39 Å². The molecule has 3 aromatic rings. The second-order valence-electron chi connectivity index (χ2n) is 4.04. The fourth-order valence-electron chi connectivity index (χ4n) is 1.73. The van der Waals surface area contributed by atoms with Crippen molar-refractivity contribution in [1.29, 1.82) is 0 Å². The highest BCUT2D eigenvalue weighted by atomic mass is 19.1. The molecular formula is C14H10FN3O. The molecule has 4 nitrogen and oxygen atoms in total. The van der Waals surface area contributed by atoms with E-state index in [2.05, 4.69) is 10.2 Å². The Morgan fingerprint density at radius 3 is 2.32 bits per heavy atom. The highest BCUT2D eigenvalue weighted by Gasteiger charge is 2.05. The maximum Gasteiger partial charge on any atom is 0.123 e. The van der Waals surface area contributed by atoms with Gasteiger partial charge in [-0.05, 0) is 48.5 Å². The van der Waals surface area contributed by atoms with Crippen LogP contribution in [0.25, 0.3) is 16.9 Å². The average molecular weight is 255 g/mol. The summed E-state index contributed by atoms with van der Waals surface area (Å²) < 4.78 is 12.8. The monoisotopic (exact) mass is 255 g/mol. The van der Waals surface area contributed by atoms with E-state index >= 15 is 0 Å². The smallest absolute Gasteiger partial charge is 0.123 e. The van der Waals surface area contributed by atoms with E-state index in [0.717, 1.165) is 11.3 Å². The molecule has 0 amide bonds. The van der Waals surface area contributed by atoms with Crippen molar-refractivity contribution in [2.45, 2.75) is 0 Å². The standard InChI is InChI=1S/C14H10FN3O/c15-11-3-1-10(2-4-11)14-9-16-18(17-14)12-5-7-13(19)8-6-12/h1-9,19H. The Hall–Kier alpha value is -2.69. The largest absolute Gasteiger partial charge is 0.508 e. The molecule has 5 heteroatoms. The van der Waals surface area contributed by atoms with Crippen molar-refractivity contribution in [3.63, 3.8) is 0 Å². The lowest BCUT2D eigenvalue weighted by Crippen LogP contribution is -1.97. The molecule has 1 heterocycles. The minimum absolute atomic E-state index is 0.190. The minimum Gasteiger partial charge on any atom is -0.508 e. The average Bonchev–Trinajstić information content (AvgIpc) is 2.90. The summed E-state index contributed by atoms with van der Waals surface area (Å²) >= 11 is 0. The third-order valence-corrected chi connectivity index (χ3v) is 2.71. The van der Waals surface area contributed by atoms with Crippen LogP contribution in [-0.2, 0) is 0 Å². The summed E-state index contributed by atoms with van der Waals surface area (Å²) in [7, 11) is 0. The number of phenolic OH excluding ortho intramolecular Hbond substituents is 1. The molecule has 19 heavy (non-hydrogen) atoms. The Morgan fingerprint density at radius 1 is 0.947 bits per heavy atom. The molecule has 0 atom stereocenters. The first kappa shape index (κ1) is 11.4. The molecule has 2 aromatic carbocycles. The van der Waals surface area contributed by atoms with E-state index in [1.807, 2.05) is 0 Å². The van der Waals surface area contributed by atoms with E-state index in [1.165, 1.54) is 16.9 Å². The Bertz CT molecular complexity index is 629. The van der Waals surface area contributed by atoms with Gasteiger partial charge < -0.3 is 5.11 Å². The number of rotatable bonds is 2. The lowest BCUT2D eigenvalue weighted by molar-refractivity contribution is 0.475. The molecule has 3 rings (SSSR count). The van der Waals surface area contributed by atoms with Crippen molar-refractivity contribution in [2.24, 2.45) is 0 Å². The molecule has 0 spiro atoms. The van der Waals surface area contributed by atoms with Crippen molar-refractivity contribution in [3.05, 3.63) is 60.5 Å². The van der Waals surface area contributed by atoms with E-state index in [9.17, 15) is 9.50 Å². The first-order chi connectivity index (χ1) is 9.22. The van der Waals surface area contributed by atoms with Crippen LogP contribution in [0.15, 0.2) is 54.7 Å². The van der Waals surface area contributed by atoms with E-state index in [4.69, 9.17) is 0 Å². The van der Waals surface area contributed by atoms with Gasteiger partial charge in [0.1, 0.15) is 17.3 Å². The zero-order valence-corrected chi connectivity index (χ0v) is 9.86. The van der Waals surface area contributed by atoms with Crippen molar-refractivity contribution in [1.82, 2.24) is 15.0 Å². The molecule has 1 N–H and O–H groups in total. The van der Waals surface area contributed by atoms with Crippen LogP contribution in [0.5, 0.6) is 5.75 Å². The molecule has 0 unspecified atom stereocenters. The number of phenols is 1. The molecule has 0 fully saturated rings. The van der Waals surface area contributed by atoms with Crippen LogP contribution < -0.4 is 0 Å². The van der Waals surface area contributed by atoms with Gasteiger partial charge in [-0.1, -0.05) is 0 Å². The van der Waals surface area contributed by atoms with Gasteiger partial charge in [-0.25, -0.2) is 4.39 Å². The fourth-order valence-corrected chi connectivity index (χ4v) is 1.73. The van der Waals surface area contributed by atoms with Gasteiger partial charge in [0.25, 0.3) is 0 Å². The SMILES string of the molecule is Oc1ccc(-n2ncc(-c3ccc(F)cc3)n2)cc1. The highest BCUT2D eigenvalue weighted by Crippen LogP contribution is 2.18. The van der Waals surface area contributed by atoms with Gasteiger partial charge in [-0.2, -0.15) is 9.90 Å². The molecule has 1 aromatic heterocycles. The van der Waals surface area contributed by atoms with Crippen LogP contribution in [0.1, 0.15) is 0 Å². The number of benzene rings is 2. The third kappa shape index (κ3) is 2.30. The number of hydrogen-bond acceptors (Lipinski definition) is 3. The van der Waals surface area contributed by atoms with Crippen LogP contribution >= 0.6 is 0 Å². The first-order valence-electron chi connectivity index (χ1n) is 5.70. The van der Waals surface area contributed by atoms with Crippen LogP contribution in [0.2, 0.25) is 0 Å². The third-order valence-electron chi connectivity index (χ3n) is 2.71. The molecule has 0 aliphatic heterocycles. The van der Waals surface area contributed by atoms with Crippen LogP contribution in [-0.4, -0.2) is 20.1 Å². The molecule has 0 saturated carbocycles. The number of halogens is 1. The predicted molar refractivity (Wildman–Crippen MR) is 68.4 cm³/mol. The minimum atomic E-state index is -0.283. The topological polar surface area (TPSA) is 50.9 Å². The van der Waals surface area contributed by atoms with Gasteiger partial charge >= 0.3 is 0 Å². The number of aromatic nitrogens is 3. The summed E-state index contributed by atoms with van der Waals surface area (Å²) in [6.07, 6.45) is 1.61. The van der Waals surface area contributed by atoms with Crippen LogP contribution in [0, 0.1) is 5.82 Å². The Morgan fingerprint density at radius 2 is 1.63 bits per heavy atom. The number of nitrogens with zero attached hydrogens (tertiary/aromatic N) is 3. The van der Waals surface area contributed by atoms with Gasteiger partial charge in [-0.15, -0.1) is 5.10 Å². The van der Waals surface area contributed by atoms with Gasteiger partial charge in [-0.3, -0.25) is 0 Å². The lowest BCUT2D eigenvalue weighted by Gasteiger charge is -1.99. The molecule has 0 radical (unpaired) electrons. The van der Waals surface area contributed by atoms with E-state index in [-0.39, 0.29) is 11.6 Å². The highest BCUT2D eigenvalue weighted by molar-refractivity contribution is 5.57. The van der Waals surface area contributed by atoms with E-state index in [1.54, 1.807) is 42.6 Å². The normalized spacial score (nSPS) is 10.6. The fraction of sp³-hybridized carbons (Fsp3) is 0. The number of hydrogen-bond donors (Lipinski definition) is 1. The second kappa shape index (κ2) is 4.53. The maximum absolute atomic E-state index is 12.8. The first-order valence-corrected chi connectivity index (χ1v) is 5.70. The summed E-state index contributed by atoms with van der Waals surface area (Å²) in [5.74, 6) is -0.0932. The summed E-state index contributed by atoms with van der Waals surface area (Å²) in [5.41, 5.74) is 2.20. The second-order valence-corrected chi connectivity index (χ2v) is 4.04. The molecular weight excluding hydrogens is 245 g/mol. The summed E-state index contributed by atoms with van der Waals surface area (Å²) in [4.78, 5) is 1.46. The van der Waals surface area contributed by atoms with Crippen LogP contribution in [0.3, 0.4) is 0 Å². The molecule has 0 aliphatic rings. The van der Waals surface area contributed by atoms with E-state index in [0.29, 0.717) is 5.69 Å². The predicted octanol–water partition coefficient (Wildman–Crippen LogP) is 2.78. The summed E-state index contributed by atoms with van der Waals surface area (Å²) in [6.45, 7) is 0. The summed E-state index contributed by atoms with van der Waals surface area (Å²) in [6, 6.07) is 12.6. The summed E-state index contributed by atoms with van der Waals surface area (Å²) in [5, 5.41) is 17.7. The number of aromatic hydroxyl groups is 1. The van der Waals surface area contributed by atoms with Gasteiger partial charge in [0.05, 0.1) is 11.9 Å². The maximum atomic E-state index is 12.8. The van der Waals surface area contributed by atoms with Crippen molar-refractivity contribution < 1.29 is 9.50 Å². The van der Waals surface area contributed by atoms with Gasteiger partial charge in [0.15, 0.2) is 0 Å². The lowest BCUT2D eigenvalue weighted by atomic mass is 10.2. The molecule has 0 bridgehead atoms. The molecule has 94 valence electrons. The van der Waals surface area contributed by atoms with E-state index < -0.39 is 0 Å².